The molecule has 0 aromatic heterocycles. The molecule has 2 aliphatic rings. The van der Waals surface area contributed by atoms with Crippen LogP contribution < -0.4 is 10.2 Å². The van der Waals surface area contributed by atoms with E-state index in [1.165, 1.54) is 9.80 Å². The number of piperazine rings is 1. The van der Waals surface area contributed by atoms with Crippen LogP contribution in [0.1, 0.15) is 34.6 Å². The lowest BCUT2D eigenvalue weighted by molar-refractivity contribution is -0.153. The smallest absolute Gasteiger partial charge is 0.325 e. The molecule has 0 spiro atoms. The van der Waals surface area contributed by atoms with Gasteiger partial charge in [-0.25, -0.2) is 4.79 Å². The molecule has 10 nitrogen and oxygen atoms in total. The predicted molar refractivity (Wildman–Crippen MR) is 142 cm³/mol. The van der Waals surface area contributed by atoms with Crippen LogP contribution in [-0.4, -0.2) is 91.3 Å². The van der Waals surface area contributed by atoms with Crippen molar-refractivity contribution in [2.45, 2.75) is 51.6 Å². The number of likely N-dealkylation sites (N-methyl/N-ethyl adjacent to an activating group) is 1. The lowest BCUT2D eigenvalue weighted by atomic mass is 9.93. The normalized spacial score (nSPS) is 21.6. The largest absolute Gasteiger partial charge is 0.360 e. The number of carbonyl (C=O) groups excluding carboxylic acids is 5. The summed E-state index contributed by atoms with van der Waals surface area (Å²) in [6.07, 6.45) is 0. The predicted octanol–water partition coefficient (Wildman–Crippen LogP) is 0.825. The number of carbonyl (C=O) groups is 5. The number of anilines is 1. The Balaban J connectivity index is 1.71. The second-order valence-corrected chi connectivity index (χ2v) is 13.0. The standard InChI is InChI=1S/C24H35N5O5SSi/c1-6-26-12-13-27(21(33)20(26)32)23(34)25-14-17(30)28(16-10-8-7-9-11-16)18-19(31)29(22(18)35)36-15(2)24(3,4)5/h7-11,15,18,22,35H,6,12-14,36H2,1-5H3,(H,25,34)/t15?,18-,22-/m1/s1. The molecule has 0 aliphatic carbocycles. The van der Waals surface area contributed by atoms with E-state index in [1.807, 2.05) is 0 Å². The molecule has 0 radical (unpaired) electrons. The van der Waals surface area contributed by atoms with Crippen LogP contribution in [0.2, 0.25) is 5.54 Å². The van der Waals surface area contributed by atoms with Gasteiger partial charge in [0, 0.05) is 25.3 Å². The Morgan fingerprint density at radius 1 is 1.14 bits per heavy atom. The summed E-state index contributed by atoms with van der Waals surface area (Å²) in [7, 11) is -0.956. The molecule has 3 rings (SSSR count). The fourth-order valence-corrected chi connectivity index (χ4v) is 6.65. The Morgan fingerprint density at radius 2 is 1.78 bits per heavy atom. The van der Waals surface area contributed by atoms with E-state index in [4.69, 9.17) is 0 Å². The molecule has 0 bridgehead atoms. The number of urea groups is 1. The Hall–Kier alpha value is -2.86. The molecule has 1 aromatic rings. The van der Waals surface area contributed by atoms with Crippen molar-refractivity contribution < 1.29 is 24.0 Å². The van der Waals surface area contributed by atoms with Gasteiger partial charge in [0.2, 0.25) is 11.8 Å². The van der Waals surface area contributed by atoms with Crippen LogP contribution in [0.5, 0.6) is 0 Å². The number of thiol groups is 1. The second kappa shape index (κ2) is 11.0. The highest BCUT2D eigenvalue weighted by molar-refractivity contribution is 7.81. The Labute approximate surface area is 219 Å². The molecule has 6 amide bonds. The van der Waals surface area contributed by atoms with Crippen molar-refractivity contribution in [3.05, 3.63) is 30.3 Å². The minimum Gasteiger partial charge on any atom is -0.360 e. The van der Waals surface area contributed by atoms with E-state index in [-0.39, 0.29) is 24.4 Å². The Morgan fingerprint density at radius 3 is 2.33 bits per heavy atom. The fraction of sp³-hybridized carbons (Fsp3) is 0.542. The summed E-state index contributed by atoms with van der Waals surface area (Å²) in [5, 5.41) is 2.00. The maximum absolute atomic E-state index is 13.3. The molecule has 1 N–H and O–H groups in total. The van der Waals surface area contributed by atoms with E-state index in [2.05, 4.69) is 45.6 Å². The van der Waals surface area contributed by atoms with Gasteiger partial charge in [-0.2, -0.15) is 12.6 Å². The fourth-order valence-electron chi connectivity index (χ4n) is 4.08. The quantitative estimate of drug-likeness (QED) is 0.233. The lowest BCUT2D eigenvalue weighted by Crippen LogP contribution is -2.72. The van der Waals surface area contributed by atoms with Gasteiger partial charge in [-0.1, -0.05) is 45.9 Å². The maximum Gasteiger partial charge on any atom is 0.325 e. The Bertz CT molecular complexity index is 1030. The summed E-state index contributed by atoms with van der Waals surface area (Å²) in [6, 6.07) is 7.15. The maximum atomic E-state index is 13.3. The topological polar surface area (TPSA) is 110 Å². The third-order valence-corrected chi connectivity index (χ3v) is 10.7. The zero-order valence-corrected chi connectivity index (χ0v) is 23.7. The summed E-state index contributed by atoms with van der Waals surface area (Å²) in [5.74, 6) is -2.34. The van der Waals surface area contributed by atoms with E-state index in [0.717, 1.165) is 4.90 Å². The number of nitrogens with one attached hydrogen (secondary N) is 1. The molecule has 2 aliphatic heterocycles. The molecule has 196 valence electrons. The highest BCUT2D eigenvalue weighted by Gasteiger charge is 2.51. The molecule has 2 fully saturated rings. The van der Waals surface area contributed by atoms with Crippen molar-refractivity contribution >= 4 is 57.7 Å². The minimum absolute atomic E-state index is 0.0478. The van der Waals surface area contributed by atoms with Crippen molar-refractivity contribution in [1.29, 1.82) is 0 Å². The van der Waals surface area contributed by atoms with Crippen LogP contribution in [0, 0.1) is 5.41 Å². The molecular formula is C24H35N5O5SSi. The first-order chi connectivity index (χ1) is 16.9. The van der Waals surface area contributed by atoms with Gasteiger partial charge in [-0.15, -0.1) is 0 Å². The zero-order chi connectivity index (χ0) is 26.8. The van der Waals surface area contributed by atoms with Gasteiger partial charge in [0.25, 0.3) is 0 Å². The van der Waals surface area contributed by atoms with Crippen LogP contribution in [0.15, 0.2) is 30.3 Å². The van der Waals surface area contributed by atoms with Crippen LogP contribution in [0.3, 0.4) is 0 Å². The van der Waals surface area contributed by atoms with Gasteiger partial charge in [-0.05, 0) is 30.0 Å². The Kier molecular flexibility index (Phi) is 8.50. The van der Waals surface area contributed by atoms with Gasteiger partial charge in [-0.3, -0.25) is 29.0 Å². The highest BCUT2D eigenvalue weighted by Crippen LogP contribution is 2.36. The lowest BCUT2D eigenvalue weighted by Gasteiger charge is -2.51. The van der Waals surface area contributed by atoms with E-state index < -0.39 is 51.4 Å². The number of benzene rings is 1. The van der Waals surface area contributed by atoms with Crippen molar-refractivity contribution in [2.24, 2.45) is 5.41 Å². The van der Waals surface area contributed by atoms with Crippen LogP contribution in [0.25, 0.3) is 0 Å². The summed E-state index contributed by atoms with van der Waals surface area (Å²) < 4.78 is 1.79. The van der Waals surface area contributed by atoms with Gasteiger partial charge in [0.1, 0.15) is 15.7 Å². The number of para-hydroxylation sites is 1. The van der Waals surface area contributed by atoms with E-state index in [1.54, 1.807) is 41.8 Å². The first-order valence-corrected chi connectivity index (χ1v) is 14.1. The first-order valence-electron chi connectivity index (χ1n) is 12.1. The van der Waals surface area contributed by atoms with E-state index in [9.17, 15) is 24.0 Å². The van der Waals surface area contributed by atoms with Crippen LogP contribution >= 0.6 is 12.6 Å². The first kappa shape index (κ1) is 27.7. The number of hydrogen-bond donors (Lipinski definition) is 2. The number of rotatable bonds is 7. The molecule has 36 heavy (non-hydrogen) atoms. The third kappa shape index (κ3) is 5.59. The molecule has 2 saturated heterocycles. The number of β-lactam (4-membered cyclic amide) rings is 1. The average molecular weight is 534 g/mol. The summed E-state index contributed by atoms with van der Waals surface area (Å²) in [6.45, 7) is 10.5. The van der Waals surface area contributed by atoms with Crippen molar-refractivity contribution in [1.82, 2.24) is 19.7 Å². The van der Waals surface area contributed by atoms with Gasteiger partial charge < -0.3 is 14.8 Å². The molecular weight excluding hydrogens is 498 g/mol. The monoisotopic (exact) mass is 533 g/mol. The molecule has 0 saturated carbocycles. The second-order valence-electron chi connectivity index (χ2n) is 10.2. The highest BCUT2D eigenvalue weighted by atomic mass is 32.1. The molecule has 1 unspecified atom stereocenters. The van der Waals surface area contributed by atoms with E-state index in [0.29, 0.717) is 17.8 Å². The zero-order valence-electron chi connectivity index (χ0n) is 21.4. The van der Waals surface area contributed by atoms with Crippen LogP contribution in [0.4, 0.5) is 10.5 Å². The number of nitrogens with zero attached hydrogens (tertiary/aromatic N) is 4. The number of amides is 6. The van der Waals surface area contributed by atoms with Crippen molar-refractivity contribution in [3.8, 4) is 0 Å². The summed E-state index contributed by atoms with van der Waals surface area (Å²) >= 11 is 4.68. The SMILES string of the molecule is CCN1CCN(C(=O)NCC(=O)N(c2ccccc2)[C@@H]2C(=O)N([SiH2]C(C)C(C)(C)C)[C@@H]2S)C(=O)C1=O. The third-order valence-electron chi connectivity index (χ3n) is 6.99. The molecule has 3 atom stereocenters. The minimum atomic E-state index is -0.956. The molecule has 12 heteroatoms. The van der Waals surface area contributed by atoms with Crippen LogP contribution in [-0.2, 0) is 19.2 Å². The van der Waals surface area contributed by atoms with Gasteiger partial charge >= 0.3 is 17.8 Å². The van der Waals surface area contributed by atoms with Crippen molar-refractivity contribution in [2.75, 3.05) is 31.1 Å². The number of imide groups is 1. The summed E-state index contributed by atoms with van der Waals surface area (Å²) in [5.41, 5.74) is 0.930. The van der Waals surface area contributed by atoms with Gasteiger partial charge in [0.05, 0.1) is 11.9 Å². The summed E-state index contributed by atoms with van der Waals surface area (Å²) in [4.78, 5) is 67.1. The van der Waals surface area contributed by atoms with Crippen molar-refractivity contribution in [3.63, 3.8) is 0 Å². The van der Waals surface area contributed by atoms with Gasteiger partial charge in [0.15, 0.2) is 0 Å². The number of hydrogen-bond acceptors (Lipinski definition) is 6. The molecule has 2 heterocycles. The molecule has 1 aromatic carbocycles. The van der Waals surface area contributed by atoms with E-state index >= 15 is 0 Å². The average Bonchev–Trinajstić information content (AvgIpc) is 2.85.